The second kappa shape index (κ2) is 11.7. The molecule has 176 valence electrons. The number of benzene rings is 2. The Morgan fingerprint density at radius 2 is 1.70 bits per heavy atom. The molecule has 2 heterocycles. The van der Waals surface area contributed by atoms with Crippen molar-refractivity contribution < 1.29 is 9.47 Å². The second-order valence-electron chi connectivity index (χ2n) is 8.40. The van der Waals surface area contributed by atoms with Crippen LogP contribution in [0.1, 0.15) is 24.2 Å². The van der Waals surface area contributed by atoms with Gasteiger partial charge in [0.2, 0.25) is 0 Å². The molecule has 33 heavy (non-hydrogen) atoms. The Hall–Kier alpha value is -3.13. The number of hydrogen-bond acceptors (Lipinski definition) is 7. The van der Waals surface area contributed by atoms with Crippen LogP contribution < -0.4 is 14.4 Å². The third-order valence-electron chi connectivity index (χ3n) is 6.18. The molecule has 1 aliphatic rings. The predicted octanol–water partition coefficient (Wildman–Crippen LogP) is 3.21. The number of rotatable bonds is 11. The van der Waals surface area contributed by atoms with Crippen LogP contribution in [0.3, 0.4) is 0 Å². The van der Waals surface area contributed by atoms with E-state index >= 15 is 0 Å². The van der Waals surface area contributed by atoms with Crippen molar-refractivity contribution in [2.24, 2.45) is 0 Å². The van der Waals surface area contributed by atoms with Gasteiger partial charge >= 0.3 is 0 Å². The molecule has 0 aliphatic carbocycles. The first-order valence-electron chi connectivity index (χ1n) is 11.8. The molecule has 0 N–H and O–H groups in total. The van der Waals surface area contributed by atoms with Crippen molar-refractivity contribution >= 4 is 5.69 Å². The van der Waals surface area contributed by atoms with Crippen molar-refractivity contribution in [1.82, 2.24) is 25.1 Å². The van der Waals surface area contributed by atoms with Crippen LogP contribution in [0, 0.1) is 6.92 Å². The van der Waals surface area contributed by atoms with E-state index in [1.165, 1.54) is 11.3 Å². The lowest BCUT2D eigenvalue weighted by Gasteiger charge is -2.36. The molecule has 1 aromatic heterocycles. The lowest BCUT2D eigenvalue weighted by molar-refractivity contribution is 0.238. The molecule has 0 amide bonds. The summed E-state index contributed by atoms with van der Waals surface area (Å²) >= 11 is 0. The smallest absolute Gasteiger partial charge is 0.148 e. The van der Waals surface area contributed by atoms with Crippen molar-refractivity contribution in [1.29, 1.82) is 0 Å². The van der Waals surface area contributed by atoms with Crippen molar-refractivity contribution in [3.63, 3.8) is 0 Å². The number of methoxy groups -OCH3 is 1. The molecule has 1 saturated heterocycles. The summed E-state index contributed by atoms with van der Waals surface area (Å²) < 4.78 is 13.3. The number of ether oxygens (including phenoxy) is 2. The maximum atomic E-state index is 5.94. The Balaban J connectivity index is 1.10. The highest BCUT2D eigenvalue weighted by Crippen LogP contribution is 2.28. The standard InChI is InChI=1S/C25H34N6O2/c1-21-26-27-28-31(21)15-13-22-9-11-23(12-10-22)33-20-6-5-14-29-16-18-30(19-17-29)24-7-3-4-8-25(24)32-2/h3-4,7-12H,5-6,13-20H2,1-2H3. The average molecular weight is 451 g/mol. The first kappa shape index (κ1) is 23.0. The summed E-state index contributed by atoms with van der Waals surface area (Å²) in [5.74, 6) is 2.73. The zero-order valence-corrected chi connectivity index (χ0v) is 19.7. The molecule has 2 aromatic carbocycles. The van der Waals surface area contributed by atoms with Crippen molar-refractivity contribution in [2.45, 2.75) is 32.7 Å². The fraction of sp³-hybridized carbons (Fsp3) is 0.480. The van der Waals surface area contributed by atoms with Crippen LogP contribution in [0.25, 0.3) is 0 Å². The molecule has 0 atom stereocenters. The number of nitrogens with zero attached hydrogens (tertiary/aromatic N) is 6. The Kier molecular flexibility index (Phi) is 8.14. The van der Waals surface area contributed by atoms with Gasteiger partial charge in [-0.15, -0.1) is 5.10 Å². The van der Waals surface area contributed by atoms with Crippen LogP contribution in [0.2, 0.25) is 0 Å². The van der Waals surface area contributed by atoms with Gasteiger partial charge < -0.3 is 14.4 Å². The Morgan fingerprint density at radius 1 is 0.909 bits per heavy atom. The quantitative estimate of drug-likeness (QED) is 0.416. The summed E-state index contributed by atoms with van der Waals surface area (Å²) in [4.78, 5) is 4.97. The highest BCUT2D eigenvalue weighted by molar-refractivity contribution is 5.58. The van der Waals surface area contributed by atoms with Crippen LogP contribution in [0.4, 0.5) is 5.69 Å². The van der Waals surface area contributed by atoms with Gasteiger partial charge in [-0.05, 0) is 73.0 Å². The van der Waals surface area contributed by atoms with E-state index in [4.69, 9.17) is 9.47 Å². The van der Waals surface area contributed by atoms with Crippen LogP contribution in [0.5, 0.6) is 11.5 Å². The third kappa shape index (κ3) is 6.44. The van der Waals surface area contributed by atoms with Crippen LogP contribution in [-0.2, 0) is 13.0 Å². The minimum atomic E-state index is 0.754. The van der Waals surface area contributed by atoms with E-state index in [9.17, 15) is 0 Å². The minimum Gasteiger partial charge on any atom is -0.495 e. The summed E-state index contributed by atoms with van der Waals surface area (Å²) in [5.41, 5.74) is 2.45. The maximum Gasteiger partial charge on any atom is 0.148 e. The summed E-state index contributed by atoms with van der Waals surface area (Å²) in [6, 6.07) is 16.6. The summed E-state index contributed by atoms with van der Waals surface area (Å²) in [7, 11) is 1.74. The molecule has 0 saturated carbocycles. The largest absolute Gasteiger partial charge is 0.495 e. The summed E-state index contributed by atoms with van der Waals surface area (Å²) in [6.07, 6.45) is 3.11. The maximum absolute atomic E-state index is 5.94. The van der Waals surface area contributed by atoms with Gasteiger partial charge in [-0.3, -0.25) is 4.90 Å². The van der Waals surface area contributed by atoms with E-state index in [-0.39, 0.29) is 0 Å². The van der Waals surface area contributed by atoms with E-state index in [2.05, 4.69) is 61.7 Å². The normalized spacial score (nSPS) is 14.4. The molecular formula is C25H34N6O2. The fourth-order valence-electron chi connectivity index (χ4n) is 4.17. The molecule has 4 rings (SSSR count). The number of aryl methyl sites for hydroxylation is 3. The predicted molar refractivity (Wildman–Crippen MR) is 129 cm³/mol. The SMILES string of the molecule is COc1ccccc1N1CCN(CCCCOc2ccc(CCn3nnnc3C)cc2)CC1. The zero-order chi connectivity index (χ0) is 22.9. The van der Waals surface area contributed by atoms with Gasteiger partial charge in [0.25, 0.3) is 0 Å². The molecule has 0 spiro atoms. The van der Waals surface area contributed by atoms with Gasteiger partial charge in [0, 0.05) is 32.7 Å². The monoisotopic (exact) mass is 450 g/mol. The Morgan fingerprint density at radius 3 is 2.42 bits per heavy atom. The number of para-hydroxylation sites is 2. The molecule has 0 unspecified atom stereocenters. The van der Waals surface area contributed by atoms with Crippen LogP contribution in [-0.4, -0.2) is 71.5 Å². The second-order valence-corrected chi connectivity index (χ2v) is 8.40. The first-order chi connectivity index (χ1) is 16.2. The van der Waals surface area contributed by atoms with E-state index in [0.29, 0.717) is 0 Å². The van der Waals surface area contributed by atoms with Gasteiger partial charge in [0.15, 0.2) is 0 Å². The van der Waals surface area contributed by atoms with E-state index in [1.54, 1.807) is 7.11 Å². The van der Waals surface area contributed by atoms with Gasteiger partial charge in [-0.1, -0.05) is 24.3 Å². The number of piperazine rings is 1. The van der Waals surface area contributed by atoms with E-state index in [1.807, 2.05) is 23.7 Å². The minimum absolute atomic E-state index is 0.754. The topological polar surface area (TPSA) is 68.5 Å². The highest BCUT2D eigenvalue weighted by atomic mass is 16.5. The fourth-order valence-corrected chi connectivity index (χ4v) is 4.17. The van der Waals surface area contributed by atoms with E-state index < -0.39 is 0 Å². The zero-order valence-electron chi connectivity index (χ0n) is 19.7. The highest BCUT2D eigenvalue weighted by Gasteiger charge is 2.19. The van der Waals surface area contributed by atoms with Gasteiger partial charge in [0.1, 0.15) is 17.3 Å². The number of aromatic nitrogens is 4. The van der Waals surface area contributed by atoms with Crippen LogP contribution in [0.15, 0.2) is 48.5 Å². The Labute approximate surface area is 196 Å². The van der Waals surface area contributed by atoms with Crippen LogP contribution >= 0.6 is 0 Å². The number of tetrazole rings is 1. The van der Waals surface area contributed by atoms with Crippen molar-refractivity contribution in [3.8, 4) is 11.5 Å². The van der Waals surface area contributed by atoms with Gasteiger partial charge in [0.05, 0.1) is 19.4 Å². The number of anilines is 1. The molecule has 8 nitrogen and oxygen atoms in total. The summed E-state index contributed by atoms with van der Waals surface area (Å²) in [5, 5.41) is 11.6. The average Bonchev–Trinajstić information content (AvgIpc) is 3.28. The first-order valence-corrected chi connectivity index (χ1v) is 11.8. The molecule has 1 fully saturated rings. The number of unbranched alkanes of at least 4 members (excludes halogenated alkanes) is 1. The molecule has 1 aliphatic heterocycles. The molecule has 0 bridgehead atoms. The van der Waals surface area contributed by atoms with Gasteiger partial charge in [-0.25, -0.2) is 4.68 Å². The third-order valence-corrected chi connectivity index (χ3v) is 6.18. The van der Waals surface area contributed by atoms with Crippen molar-refractivity contribution in [2.75, 3.05) is 51.3 Å². The van der Waals surface area contributed by atoms with Gasteiger partial charge in [-0.2, -0.15) is 0 Å². The molecule has 8 heteroatoms. The summed E-state index contributed by atoms with van der Waals surface area (Å²) in [6.45, 7) is 8.83. The Bertz CT molecular complexity index is 983. The van der Waals surface area contributed by atoms with Crippen molar-refractivity contribution in [3.05, 3.63) is 59.9 Å². The molecular weight excluding hydrogens is 416 g/mol. The molecule has 0 radical (unpaired) electrons. The lowest BCUT2D eigenvalue weighted by Crippen LogP contribution is -2.46. The lowest BCUT2D eigenvalue weighted by atomic mass is 10.1. The molecule has 3 aromatic rings. The van der Waals surface area contributed by atoms with E-state index in [0.717, 1.165) is 82.5 Å². The number of hydrogen-bond donors (Lipinski definition) is 0.